The normalized spacial score (nSPS) is 16.5. The molecule has 26 heavy (non-hydrogen) atoms. The van der Waals surface area contributed by atoms with E-state index >= 15 is 0 Å². The molecule has 0 aliphatic carbocycles. The van der Waals surface area contributed by atoms with Crippen LogP contribution in [-0.2, 0) is 11.2 Å². The van der Waals surface area contributed by atoms with Crippen molar-refractivity contribution in [3.8, 4) is 5.75 Å². The van der Waals surface area contributed by atoms with Crippen LogP contribution < -0.4 is 4.74 Å². The van der Waals surface area contributed by atoms with Crippen molar-refractivity contribution in [3.05, 3.63) is 65.2 Å². The van der Waals surface area contributed by atoms with Crippen molar-refractivity contribution in [1.82, 2.24) is 4.90 Å². The number of carbonyl (C=O) groups excluding carboxylic acids is 1. The molecule has 0 radical (unpaired) electrons. The van der Waals surface area contributed by atoms with Crippen LogP contribution in [0.4, 0.5) is 0 Å². The van der Waals surface area contributed by atoms with Crippen LogP contribution in [0.5, 0.6) is 5.75 Å². The first-order chi connectivity index (χ1) is 12.6. The zero-order chi connectivity index (χ0) is 18.5. The Labute approximate surface area is 153 Å². The molecule has 1 atom stereocenters. The number of benzene rings is 2. The fourth-order valence-corrected chi connectivity index (χ4v) is 3.36. The van der Waals surface area contributed by atoms with Crippen LogP contribution in [0.3, 0.4) is 0 Å². The molecule has 136 valence electrons. The van der Waals surface area contributed by atoms with Gasteiger partial charge in [-0.3, -0.25) is 4.79 Å². The quantitative estimate of drug-likeness (QED) is 0.865. The Bertz CT molecular complexity index is 768. The van der Waals surface area contributed by atoms with Crippen LogP contribution in [-0.4, -0.2) is 42.1 Å². The second-order valence-electron chi connectivity index (χ2n) is 6.60. The average Bonchev–Trinajstić information content (AvgIpc) is 3.17. The Morgan fingerprint density at radius 2 is 1.81 bits per heavy atom. The van der Waals surface area contributed by atoms with Gasteiger partial charge in [0.05, 0.1) is 12.7 Å². The van der Waals surface area contributed by atoms with E-state index in [2.05, 4.69) is 12.1 Å². The largest absolute Gasteiger partial charge is 0.497 e. The Hall–Kier alpha value is -2.82. The van der Waals surface area contributed by atoms with E-state index in [1.165, 1.54) is 5.56 Å². The van der Waals surface area contributed by atoms with E-state index < -0.39 is 5.97 Å². The number of carboxylic acids is 1. The first-order valence-corrected chi connectivity index (χ1v) is 8.81. The van der Waals surface area contributed by atoms with Crippen LogP contribution in [0.2, 0.25) is 0 Å². The molecule has 1 aliphatic heterocycles. The number of hydrogen-bond acceptors (Lipinski definition) is 3. The minimum Gasteiger partial charge on any atom is -0.497 e. The smallest absolute Gasteiger partial charge is 0.335 e. The van der Waals surface area contributed by atoms with E-state index in [1.54, 1.807) is 31.4 Å². The van der Waals surface area contributed by atoms with Crippen LogP contribution in [0.25, 0.3) is 0 Å². The predicted octanol–water partition coefficient (Wildman–Crippen LogP) is 3.34. The van der Waals surface area contributed by atoms with Crippen molar-refractivity contribution < 1.29 is 19.4 Å². The molecule has 1 N–H and O–H groups in total. The summed E-state index contributed by atoms with van der Waals surface area (Å²) < 4.78 is 5.19. The predicted molar refractivity (Wildman–Crippen MR) is 98.7 cm³/mol. The van der Waals surface area contributed by atoms with Gasteiger partial charge in [-0.2, -0.15) is 0 Å². The van der Waals surface area contributed by atoms with Gasteiger partial charge < -0.3 is 14.7 Å². The number of likely N-dealkylation sites (tertiary alicyclic amines) is 1. The SMILES string of the molecule is COc1ccc([C@@H]2CCN(C(=O)CCc3ccc(C(=O)O)cc3)C2)cc1. The molecule has 2 aromatic rings. The molecule has 1 fully saturated rings. The molecule has 0 saturated carbocycles. The Balaban J connectivity index is 1.51. The number of amides is 1. The Morgan fingerprint density at radius 1 is 1.12 bits per heavy atom. The van der Waals surface area contributed by atoms with Crippen molar-refractivity contribution in [2.24, 2.45) is 0 Å². The molecule has 1 amide bonds. The maximum atomic E-state index is 12.5. The molecule has 0 bridgehead atoms. The van der Waals surface area contributed by atoms with Gasteiger partial charge in [0, 0.05) is 25.4 Å². The van der Waals surface area contributed by atoms with Crippen LogP contribution in [0.15, 0.2) is 48.5 Å². The third-order valence-electron chi connectivity index (χ3n) is 4.96. The highest BCUT2D eigenvalue weighted by atomic mass is 16.5. The standard InChI is InChI=1S/C21H23NO4/c1-26-19-9-7-16(8-10-19)18-12-13-22(14-18)20(23)11-4-15-2-5-17(6-3-15)21(24)25/h2-3,5-10,18H,4,11-14H2,1H3,(H,24,25)/t18-/m1/s1. The lowest BCUT2D eigenvalue weighted by molar-refractivity contribution is -0.130. The van der Waals surface area contributed by atoms with Gasteiger partial charge in [-0.25, -0.2) is 4.79 Å². The lowest BCUT2D eigenvalue weighted by Gasteiger charge is -2.17. The summed E-state index contributed by atoms with van der Waals surface area (Å²) in [4.78, 5) is 25.3. The van der Waals surface area contributed by atoms with Crippen molar-refractivity contribution in [3.63, 3.8) is 0 Å². The molecular formula is C21H23NO4. The number of nitrogens with zero attached hydrogens (tertiary/aromatic N) is 1. The summed E-state index contributed by atoms with van der Waals surface area (Å²) in [5, 5.41) is 8.92. The minimum atomic E-state index is -0.936. The average molecular weight is 353 g/mol. The van der Waals surface area contributed by atoms with Crippen LogP contribution in [0.1, 0.15) is 40.2 Å². The van der Waals surface area contributed by atoms with E-state index in [0.29, 0.717) is 18.8 Å². The molecule has 3 rings (SSSR count). The zero-order valence-corrected chi connectivity index (χ0v) is 14.9. The van der Waals surface area contributed by atoms with E-state index in [0.717, 1.165) is 30.8 Å². The van der Waals surface area contributed by atoms with E-state index in [1.807, 2.05) is 17.0 Å². The van der Waals surface area contributed by atoms with Gasteiger partial charge >= 0.3 is 5.97 Å². The number of rotatable bonds is 6. The molecule has 0 unspecified atom stereocenters. The topological polar surface area (TPSA) is 66.8 Å². The molecule has 1 saturated heterocycles. The summed E-state index contributed by atoms with van der Waals surface area (Å²) in [5.74, 6) is 0.436. The van der Waals surface area contributed by atoms with Gasteiger partial charge in [-0.1, -0.05) is 24.3 Å². The van der Waals surface area contributed by atoms with E-state index in [4.69, 9.17) is 9.84 Å². The number of methoxy groups -OCH3 is 1. The number of hydrogen-bond donors (Lipinski definition) is 1. The summed E-state index contributed by atoms with van der Waals surface area (Å²) in [6.45, 7) is 1.54. The Morgan fingerprint density at radius 3 is 2.42 bits per heavy atom. The molecule has 0 aromatic heterocycles. The molecule has 1 aliphatic rings. The molecular weight excluding hydrogens is 330 g/mol. The fraction of sp³-hybridized carbons (Fsp3) is 0.333. The van der Waals surface area contributed by atoms with E-state index in [9.17, 15) is 9.59 Å². The minimum absolute atomic E-state index is 0.156. The second-order valence-corrected chi connectivity index (χ2v) is 6.60. The molecule has 1 heterocycles. The van der Waals surface area contributed by atoms with Gasteiger partial charge in [0.25, 0.3) is 0 Å². The van der Waals surface area contributed by atoms with E-state index in [-0.39, 0.29) is 11.5 Å². The molecule has 5 heteroatoms. The monoisotopic (exact) mass is 353 g/mol. The van der Waals surface area contributed by atoms with Crippen molar-refractivity contribution in [2.45, 2.75) is 25.2 Å². The van der Waals surface area contributed by atoms with Gasteiger partial charge in [-0.05, 0) is 48.2 Å². The number of aryl methyl sites for hydroxylation is 1. The fourth-order valence-electron chi connectivity index (χ4n) is 3.36. The van der Waals surface area contributed by atoms with Crippen LogP contribution >= 0.6 is 0 Å². The Kier molecular flexibility index (Phi) is 5.56. The van der Waals surface area contributed by atoms with Crippen molar-refractivity contribution in [2.75, 3.05) is 20.2 Å². The van der Waals surface area contributed by atoms with Gasteiger partial charge in [0.15, 0.2) is 0 Å². The number of aromatic carboxylic acids is 1. The van der Waals surface area contributed by atoms with Gasteiger partial charge in [0.1, 0.15) is 5.75 Å². The van der Waals surface area contributed by atoms with Gasteiger partial charge in [-0.15, -0.1) is 0 Å². The first-order valence-electron chi connectivity index (χ1n) is 8.81. The first kappa shape index (κ1) is 18.0. The summed E-state index contributed by atoms with van der Waals surface area (Å²) in [5.41, 5.74) is 2.49. The number of carboxylic acid groups (broad SMARTS) is 1. The van der Waals surface area contributed by atoms with Crippen molar-refractivity contribution in [1.29, 1.82) is 0 Å². The molecule has 5 nitrogen and oxygen atoms in total. The summed E-state index contributed by atoms with van der Waals surface area (Å²) in [6, 6.07) is 14.8. The number of ether oxygens (including phenoxy) is 1. The molecule has 0 spiro atoms. The second kappa shape index (κ2) is 8.04. The lowest BCUT2D eigenvalue weighted by Crippen LogP contribution is -2.28. The maximum absolute atomic E-state index is 12.5. The van der Waals surface area contributed by atoms with Crippen molar-refractivity contribution >= 4 is 11.9 Å². The zero-order valence-electron chi connectivity index (χ0n) is 14.9. The van der Waals surface area contributed by atoms with Gasteiger partial charge in [0.2, 0.25) is 5.91 Å². The highest BCUT2D eigenvalue weighted by molar-refractivity contribution is 5.87. The lowest BCUT2D eigenvalue weighted by atomic mass is 9.98. The third-order valence-corrected chi connectivity index (χ3v) is 4.96. The highest BCUT2D eigenvalue weighted by Gasteiger charge is 2.26. The maximum Gasteiger partial charge on any atom is 0.335 e. The van der Waals surface area contributed by atoms with Crippen LogP contribution in [0, 0.1) is 0 Å². The number of carbonyl (C=O) groups is 2. The highest BCUT2D eigenvalue weighted by Crippen LogP contribution is 2.29. The third kappa shape index (κ3) is 4.23. The summed E-state index contributed by atoms with van der Waals surface area (Å²) in [6.07, 6.45) is 2.05. The summed E-state index contributed by atoms with van der Waals surface area (Å²) >= 11 is 0. The molecule has 2 aromatic carbocycles. The summed E-state index contributed by atoms with van der Waals surface area (Å²) in [7, 11) is 1.65.